The standard InChI is InChI=1S/C21H22N2O3/c1-2-25-21(24)17-11-22-12-19-20(17)16-10-15(8-9-18(16)23-19)26-13-14-6-4-3-5-7-14/h3-10,17,22-23H,2,11-13H2,1H3/t17-/m1/s1. The molecule has 0 saturated carbocycles. The van der Waals surface area contributed by atoms with Crippen molar-refractivity contribution in [3.63, 3.8) is 0 Å². The first-order valence-corrected chi connectivity index (χ1v) is 8.95. The van der Waals surface area contributed by atoms with Crippen LogP contribution in [0.3, 0.4) is 0 Å². The van der Waals surface area contributed by atoms with Crippen molar-refractivity contribution in [3.05, 3.63) is 65.4 Å². The summed E-state index contributed by atoms with van der Waals surface area (Å²) in [6, 6.07) is 16.1. The third-order valence-electron chi connectivity index (χ3n) is 4.71. The van der Waals surface area contributed by atoms with Gasteiger partial charge in [-0.3, -0.25) is 4.79 Å². The lowest BCUT2D eigenvalue weighted by Gasteiger charge is -2.22. The Morgan fingerprint density at radius 2 is 2.04 bits per heavy atom. The van der Waals surface area contributed by atoms with Crippen molar-refractivity contribution >= 4 is 16.9 Å². The van der Waals surface area contributed by atoms with E-state index < -0.39 is 0 Å². The van der Waals surface area contributed by atoms with Gasteiger partial charge in [0.05, 0.1) is 12.5 Å². The van der Waals surface area contributed by atoms with E-state index in [1.54, 1.807) is 0 Å². The predicted octanol–water partition coefficient (Wildman–Crippen LogP) is 3.50. The normalized spacial score (nSPS) is 16.3. The minimum absolute atomic E-state index is 0.183. The van der Waals surface area contributed by atoms with Gasteiger partial charge in [-0.05, 0) is 36.2 Å². The van der Waals surface area contributed by atoms with E-state index >= 15 is 0 Å². The van der Waals surface area contributed by atoms with E-state index in [1.165, 1.54) is 0 Å². The number of benzene rings is 2. The second kappa shape index (κ2) is 7.22. The van der Waals surface area contributed by atoms with Crippen LogP contribution in [0.4, 0.5) is 0 Å². The van der Waals surface area contributed by atoms with Gasteiger partial charge >= 0.3 is 5.97 Å². The fourth-order valence-corrected chi connectivity index (χ4v) is 3.50. The number of fused-ring (bicyclic) bond motifs is 3. The van der Waals surface area contributed by atoms with Crippen LogP contribution < -0.4 is 10.1 Å². The fourth-order valence-electron chi connectivity index (χ4n) is 3.50. The minimum Gasteiger partial charge on any atom is -0.489 e. The Balaban J connectivity index is 1.65. The molecule has 5 heteroatoms. The van der Waals surface area contributed by atoms with Gasteiger partial charge in [0.1, 0.15) is 12.4 Å². The largest absolute Gasteiger partial charge is 0.489 e. The highest BCUT2D eigenvalue weighted by Gasteiger charge is 2.31. The second-order valence-corrected chi connectivity index (χ2v) is 6.43. The van der Waals surface area contributed by atoms with Gasteiger partial charge in [0.15, 0.2) is 0 Å². The Morgan fingerprint density at radius 1 is 1.19 bits per heavy atom. The van der Waals surface area contributed by atoms with Crippen LogP contribution in [0, 0.1) is 0 Å². The zero-order valence-electron chi connectivity index (χ0n) is 14.7. The number of aromatic nitrogens is 1. The lowest BCUT2D eigenvalue weighted by atomic mass is 9.93. The highest BCUT2D eigenvalue weighted by atomic mass is 16.5. The first kappa shape index (κ1) is 16.7. The maximum absolute atomic E-state index is 12.4. The minimum atomic E-state index is -0.295. The summed E-state index contributed by atoms with van der Waals surface area (Å²) >= 11 is 0. The smallest absolute Gasteiger partial charge is 0.314 e. The molecular weight excluding hydrogens is 328 g/mol. The lowest BCUT2D eigenvalue weighted by molar-refractivity contribution is -0.145. The van der Waals surface area contributed by atoms with Crippen molar-refractivity contribution in [1.82, 2.24) is 10.3 Å². The van der Waals surface area contributed by atoms with Gasteiger partial charge in [-0.25, -0.2) is 0 Å². The molecule has 0 amide bonds. The first-order valence-electron chi connectivity index (χ1n) is 8.95. The SMILES string of the molecule is CCOC(=O)[C@@H]1CNCc2[nH]c3ccc(OCc4ccccc4)cc3c21. The zero-order chi connectivity index (χ0) is 17.9. The number of hydrogen-bond acceptors (Lipinski definition) is 4. The van der Waals surface area contributed by atoms with E-state index in [-0.39, 0.29) is 11.9 Å². The second-order valence-electron chi connectivity index (χ2n) is 6.43. The van der Waals surface area contributed by atoms with Crippen molar-refractivity contribution in [2.75, 3.05) is 13.2 Å². The van der Waals surface area contributed by atoms with Crippen molar-refractivity contribution in [3.8, 4) is 5.75 Å². The number of aromatic amines is 1. The molecule has 2 N–H and O–H groups in total. The van der Waals surface area contributed by atoms with Gasteiger partial charge in [0.2, 0.25) is 0 Å². The molecular formula is C21H22N2O3. The summed E-state index contributed by atoms with van der Waals surface area (Å²) in [5.41, 5.74) is 4.21. The van der Waals surface area contributed by atoms with Crippen LogP contribution in [-0.4, -0.2) is 24.1 Å². The van der Waals surface area contributed by atoms with Crippen molar-refractivity contribution in [1.29, 1.82) is 0 Å². The molecule has 2 heterocycles. The summed E-state index contributed by atoms with van der Waals surface area (Å²) in [4.78, 5) is 15.8. The van der Waals surface area contributed by atoms with Gasteiger partial charge in [-0.2, -0.15) is 0 Å². The molecule has 4 rings (SSSR count). The summed E-state index contributed by atoms with van der Waals surface area (Å²) < 4.78 is 11.2. The van der Waals surface area contributed by atoms with Crippen molar-refractivity contribution in [2.45, 2.75) is 26.0 Å². The van der Waals surface area contributed by atoms with E-state index in [9.17, 15) is 4.79 Å². The van der Waals surface area contributed by atoms with E-state index in [2.05, 4.69) is 10.3 Å². The summed E-state index contributed by atoms with van der Waals surface area (Å²) in [7, 11) is 0. The summed E-state index contributed by atoms with van der Waals surface area (Å²) in [6.07, 6.45) is 0. The average molecular weight is 350 g/mol. The average Bonchev–Trinajstić information content (AvgIpc) is 3.05. The molecule has 0 bridgehead atoms. The molecule has 0 aliphatic carbocycles. The predicted molar refractivity (Wildman–Crippen MR) is 100 cm³/mol. The van der Waals surface area contributed by atoms with Crippen LogP contribution >= 0.6 is 0 Å². The number of carbonyl (C=O) groups is 1. The summed E-state index contributed by atoms with van der Waals surface area (Å²) in [5.74, 6) is 0.318. The van der Waals surface area contributed by atoms with Crippen molar-refractivity contribution in [2.24, 2.45) is 0 Å². The Bertz CT molecular complexity index is 918. The molecule has 134 valence electrons. The topological polar surface area (TPSA) is 63.3 Å². The summed E-state index contributed by atoms with van der Waals surface area (Å²) in [5, 5.41) is 4.32. The maximum Gasteiger partial charge on any atom is 0.314 e. The monoisotopic (exact) mass is 350 g/mol. The van der Waals surface area contributed by atoms with Crippen LogP contribution in [-0.2, 0) is 22.7 Å². The van der Waals surface area contributed by atoms with E-state index in [4.69, 9.17) is 9.47 Å². The Hall–Kier alpha value is -2.79. The first-order chi connectivity index (χ1) is 12.8. The molecule has 0 saturated heterocycles. The molecule has 1 aromatic heterocycles. The Morgan fingerprint density at radius 3 is 2.85 bits per heavy atom. The number of hydrogen-bond donors (Lipinski definition) is 2. The lowest BCUT2D eigenvalue weighted by Crippen LogP contribution is -2.33. The van der Waals surface area contributed by atoms with Crippen LogP contribution in [0.5, 0.6) is 5.75 Å². The van der Waals surface area contributed by atoms with E-state index in [0.29, 0.717) is 19.8 Å². The molecule has 0 radical (unpaired) electrons. The van der Waals surface area contributed by atoms with Crippen LogP contribution in [0.2, 0.25) is 0 Å². The number of nitrogens with one attached hydrogen (secondary N) is 2. The highest BCUT2D eigenvalue weighted by molar-refractivity contribution is 5.92. The Kier molecular flexibility index (Phi) is 4.63. The number of H-pyrrole nitrogens is 1. The van der Waals surface area contributed by atoms with Crippen LogP contribution in [0.1, 0.15) is 29.7 Å². The molecule has 5 nitrogen and oxygen atoms in total. The highest BCUT2D eigenvalue weighted by Crippen LogP contribution is 2.34. The van der Waals surface area contributed by atoms with E-state index in [0.717, 1.165) is 40.0 Å². The number of rotatable bonds is 5. The number of esters is 1. The van der Waals surface area contributed by atoms with Crippen LogP contribution in [0.15, 0.2) is 48.5 Å². The molecule has 0 unspecified atom stereocenters. The number of ether oxygens (including phenoxy) is 2. The van der Waals surface area contributed by atoms with Crippen molar-refractivity contribution < 1.29 is 14.3 Å². The maximum atomic E-state index is 12.4. The molecule has 1 aliphatic rings. The molecule has 3 aromatic rings. The van der Waals surface area contributed by atoms with Crippen LogP contribution in [0.25, 0.3) is 10.9 Å². The van der Waals surface area contributed by atoms with Gasteiger partial charge in [0.25, 0.3) is 0 Å². The Labute approximate surface area is 152 Å². The quantitative estimate of drug-likeness (QED) is 0.692. The van der Waals surface area contributed by atoms with Gasteiger partial charge < -0.3 is 19.8 Å². The third-order valence-corrected chi connectivity index (χ3v) is 4.71. The molecule has 26 heavy (non-hydrogen) atoms. The fraction of sp³-hybridized carbons (Fsp3) is 0.286. The molecule has 1 aliphatic heterocycles. The van der Waals surface area contributed by atoms with Gasteiger partial charge in [-0.15, -0.1) is 0 Å². The van der Waals surface area contributed by atoms with E-state index in [1.807, 2.05) is 55.5 Å². The molecule has 0 spiro atoms. The molecule has 2 aromatic carbocycles. The molecule has 1 atom stereocenters. The third kappa shape index (κ3) is 3.18. The molecule has 0 fully saturated rings. The van der Waals surface area contributed by atoms with Gasteiger partial charge in [0, 0.05) is 29.7 Å². The van der Waals surface area contributed by atoms with Gasteiger partial charge in [-0.1, -0.05) is 30.3 Å². The summed E-state index contributed by atoms with van der Waals surface area (Å²) in [6.45, 7) is 4.05. The zero-order valence-corrected chi connectivity index (χ0v) is 14.7. The number of carbonyl (C=O) groups excluding carboxylic acids is 1.